The Hall–Kier alpha value is -2.47. The number of fused-ring (bicyclic) bond motifs is 1. The Morgan fingerprint density at radius 1 is 1.08 bits per heavy atom. The van der Waals surface area contributed by atoms with Gasteiger partial charge in [-0.3, -0.25) is 0 Å². The molecule has 1 atom stereocenters. The van der Waals surface area contributed by atoms with E-state index in [0.717, 1.165) is 48.3 Å². The van der Waals surface area contributed by atoms with Crippen molar-refractivity contribution < 1.29 is 9.47 Å². The van der Waals surface area contributed by atoms with Crippen LogP contribution in [0, 0.1) is 18.3 Å². The Labute approximate surface area is 156 Å². The van der Waals surface area contributed by atoms with Crippen molar-refractivity contribution in [2.24, 2.45) is 0 Å². The van der Waals surface area contributed by atoms with Gasteiger partial charge in [-0.1, -0.05) is 38.8 Å². The van der Waals surface area contributed by atoms with E-state index in [-0.39, 0.29) is 0 Å². The van der Waals surface area contributed by atoms with Crippen molar-refractivity contribution in [2.75, 3.05) is 0 Å². The molecule has 1 unspecified atom stereocenters. The molecule has 3 heteroatoms. The van der Waals surface area contributed by atoms with Gasteiger partial charge >= 0.3 is 0 Å². The van der Waals surface area contributed by atoms with E-state index in [1.165, 1.54) is 5.56 Å². The third-order valence-electron chi connectivity index (χ3n) is 5.17. The van der Waals surface area contributed by atoms with Crippen LogP contribution < -0.4 is 9.47 Å². The molecule has 0 bridgehead atoms. The summed E-state index contributed by atoms with van der Waals surface area (Å²) in [7, 11) is 0. The fraction of sp³-hybridized carbons (Fsp3) is 0.435. The van der Waals surface area contributed by atoms with Crippen LogP contribution in [-0.2, 0) is 5.79 Å². The summed E-state index contributed by atoms with van der Waals surface area (Å²) in [4.78, 5) is 0. The van der Waals surface area contributed by atoms with Gasteiger partial charge < -0.3 is 9.47 Å². The van der Waals surface area contributed by atoms with Crippen LogP contribution in [0.15, 0.2) is 36.4 Å². The fourth-order valence-electron chi connectivity index (χ4n) is 3.97. The monoisotopic (exact) mass is 349 g/mol. The smallest absolute Gasteiger partial charge is 0.275 e. The molecule has 0 N–H and O–H groups in total. The molecular weight excluding hydrogens is 322 g/mol. The van der Waals surface area contributed by atoms with Crippen molar-refractivity contribution in [3.8, 4) is 17.6 Å². The van der Waals surface area contributed by atoms with Gasteiger partial charge in [-0.05, 0) is 55.5 Å². The average Bonchev–Trinajstić information content (AvgIpc) is 2.98. The van der Waals surface area contributed by atoms with Crippen molar-refractivity contribution >= 4 is 0 Å². The molecule has 3 rings (SSSR count). The minimum Gasteiger partial charge on any atom is -0.445 e. The third-order valence-corrected chi connectivity index (χ3v) is 5.17. The Bertz CT molecular complexity index is 831. The maximum atomic E-state index is 9.11. The maximum absolute atomic E-state index is 9.11. The third kappa shape index (κ3) is 3.29. The topological polar surface area (TPSA) is 42.2 Å². The zero-order chi connectivity index (χ0) is 18.7. The van der Waals surface area contributed by atoms with Crippen LogP contribution in [0.4, 0.5) is 0 Å². The van der Waals surface area contributed by atoms with Gasteiger partial charge in [-0.2, -0.15) is 5.26 Å². The van der Waals surface area contributed by atoms with Gasteiger partial charge in [0, 0.05) is 18.1 Å². The molecule has 0 spiro atoms. The van der Waals surface area contributed by atoms with Gasteiger partial charge in [-0.15, -0.1) is 0 Å². The number of aryl methyl sites for hydroxylation is 1. The molecule has 0 aromatic heterocycles. The van der Waals surface area contributed by atoms with Gasteiger partial charge in [-0.25, -0.2) is 0 Å². The lowest BCUT2D eigenvalue weighted by Crippen LogP contribution is -2.32. The van der Waals surface area contributed by atoms with Crippen LogP contribution in [0.2, 0.25) is 0 Å². The minimum atomic E-state index is -0.862. The summed E-state index contributed by atoms with van der Waals surface area (Å²) in [5, 5.41) is 9.11. The molecule has 0 saturated carbocycles. The molecular formula is C23H27NO2. The van der Waals surface area contributed by atoms with Crippen molar-refractivity contribution in [1.29, 1.82) is 5.26 Å². The van der Waals surface area contributed by atoms with Crippen molar-refractivity contribution in [2.45, 2.75) is 65.1 Å². The Morgan fingerprint density at radius 2 is 1.81 bits per heavy atom. The molecule has 136 valence electrons. The Morgan fingerprint density at radius 3 is 2.42 bits per heavy atom. The molecule has 2 aromatic carbocycles. The van der Waals surface area contributed by atoms with Crippen LogP contribution in [-0.4, -0.2) is 0 Å². The van der Waals surface area contributed by atoms with Crippen molar-refractivity contribution in [3.63, 3.8) is 0 Å². The molecule has 0 radical (unpaired) electrons. The lowest BCUT2D eigenvalue weighted by molar-refractivity contribution is -0.0689. The highest BCUT2D eigenvalue weighted by atomic mass is 16.7. The first-order chi connectivity index (χ1) is 12.5. The van der Waals surface area contributed by atoms with E-state index in [1.54, 1.807) is 0 Å². The van der Waals surface area contributed by atoms with Gasteiger partial charge in [0.15, 0.2) is 11.5 Å². The predicted molar refractivity (Wildman–Crippen MR) is 104 cm³/mol. The summed E-state index contributed by atoms with van der Waals surface area (Å²) in [6.07, 6.45) is 4.61. The highest BCUT2D eigenvalue weighted by Gasteiger charge is 2.41. The summed E-state index contributed by atoms with van der Waals surface area (Å²) in [6, 6.07) is 14.1. The highest BCUT2D eigenvalue weighted by molar-refractivity contribution is 5.52. The second-order valence-corrected chi connectivity index (χ2v) is 7.24. The maximum Gasteiger partial charge on any atom is 0.275 e. The van der Waals surface area contributed by atoms with Crippen LogP contribution in [0.3, 0.4) is 0 Å². The number of nitriles is 1. The number of rotatable bonds is 6. The second kappa shape index (κ2) is 7.41. The first-order valence-electron chi connectivity index (χ1n) is 9.54. The summed E-state index contributed by atoms with van der Waals surface area (Å²) in [5.74, 6) is 1.32. The predicted octanol–water partition coefficient (Wildman–Crippen LogP) is 6.19. The Kier molecular flexibility index (Phi) is 5.23. The highest BCUT2D eigenvalue weighted by Crippen LogP contribution is 2.49. The number of para-hydroxylation sites is 1. The van der Waals surface area contributed by atoms with Gasteiger partial charge in [0.25, 0.3) is 5.79 Å². The van der Waals surface area contributed by atoms with E-state index in [1.807, 2.05) is 38.1 Å². The molecule has 3 nitrogen and oxygen atoms in total. The molecule has 1 aliphatic heterocycles. The van der Waals surface area contributed by atoms with E-state index in [4.69, 9.17) is 14.7 Å². The number of ether oxygens (including phenoxy) is 2. The van der Waals surface area contributed by atoms with Crippen molar-refractivity contribution in [1.82, 2.24) is 0 Å². The van der Waals surface area contributed by atoms with Crippen LogP contribution in [0.25, 0.3) is 0 Å². The molecule has 26 heavy (non-hydrogen) atoms. The molecule has 0 saturated heterocycles. The van der Waals surface area contributed by atoms with E-state index in [9.17, 15) is 0 Å². The van der Waals surface area contributed by atoms with Crippen LogP contribution in [0.5, 0.6) is 11.5 Å². The lowest BCUT2D eigenvalue weighted by atomic mass is 9.89. The van der Waals surface area contributed by atoms with E-state index >= 15 is 0 Å². The first kappa shape index (κ1) is 18.3. The number of nitrogens with zero attached hydrogens (tertiary/aromatic N) is 1. The lowest BCUT2D eigenvalue weighted by Gasteiger charge is -2.26. The zero-order valence-electron chi connectivity index (χ0n) is 16.1. The zero-order valence-corrected chi connectivity index (χ0v) is 16.1. The van der Waals surface area contributed by atoms with Gasteiger partial charge in [0.05, 0.1) is 11.6 Å². The number of hydrogen-bond donors (Lipinski definition) is 0. The van der Waals surface area contributed by atoms with E-state index in [2.05, 4.69) is 32.0 Å². The summed E-state index contributed by atoms with van der Waals surface area (Å²) in [5.41, 5.74) is 3.86. The first-order valence-corrected chi connectivity index (χ1v) is 9.54. The molecule has 0 fully saturated rings. The van der Waals surface area contributed by atoms with E-state index in [0.29, 0.717) is 11.5 Å². The Balaban J connectivity index is 1.98. The number of benzene rings is 2. The van der Waals surface area contributed by atoms with Gasteiger partial charge in [0.2, 0.25) is 0 Å². The normalized spacial score (nSPS) is 18.2. The van der Waals surface area contributed by atoms with Crippen LogP contribution >= 0.6 is 0 Å². The van der Waals surface area contributed by atoms with E-state index < -0.39 is 5.79 Å². The molecule has 0 amide bonds. The summed E-state index contributed by atoms with van der Waals surface area (Å²) in [6.45, 7) is 8.41. The molecule has 1 aliphatic rings. The molecule has 2 aromatic rings. The van der Waals surface area contributed by atoms with Crippen LogP contribution in [0.1, 0.15) is 74.6 Å². The average molecular weight is 349 g/mol. The van der Waals surface area contributed by atoms with Gasteiger partial charge in [0.1, 0.15) is 0 Å². The quantitative estimate of drug-likeness (QED) is 0.624. The summed E-state index contributed by atoms with van der Waals surface area (Å²) < 4.78 is 12.7. The number of hydrogen-bond acceptors (Lipinski definition) is 3. The molecule has 1 heterocycles. The standard InChI is InChI=1S/C23H27NO2/c1-5-8-18(9-6-2)19-10-7-11-21-22(19)26-23(4,25-21)20-13-12-17(15-24)14-16(20)3/h7,10-14,18H,5-6,8-9H2,1-4H3. The van der Waals surface area contributed by atoms with Crippen molar-refractivity contribution in [3.05, 3.63) is 58.7 Å². The minimum absolute atomic E-state index is 0.493. The SMILES string of the molecule is CCCC(CCC)c1cccc2c1OC(C)(c1ccc(C#N)cc1C)O2. The fourth-order valence-corrected chi connectivity index (χ4v) is 3.97. The second-order valence-electron chi connectivity index (χ2n) is 7.24. The molecule has 0 aliphatic carbocycles. The summed E-state index contributed by atoms with van der Waals surface area (Å²) >= 11 is 0. The largest absolute Gasteiger partial charge is 0.445 e.